The van der Waals surface area contributed by atoms with Gasteiger partial charge in [-0.05, 0) is 19.4 Å². The predicted molar refractivity (Wildman–Crippen MR) is 112 cm³/mol. The van der Waals surface area contributed by atoms with Gasteiger partial charge in [0.2, 0.25) is 5.89 Å². The van der Waals surface area contributed by atoms with Gasteiger partial charge in [-0.15, -0.1) is 10.2 Å². The average Bonchev–Trinajstić information content (AvgIpc) is 3.21. The summed E-state index contributed by atoms with van der Waals surface area (Å²) in [6.45, 7) is 3.83. The van der Waals surface area contributed by atoms with Gasteiger partial charge in [-0.2, -0.15) is 0 Å². The van der Waals surface area contributed by atoms with Gasteiger partial charge in [0.05, 0.1) is 11.9 Å². The predicted octanol–water partition coefficient (Wildman–Crippen LogP) is 4.00. The van der Waals surface area contributed by atoms with Gasteiger partial charge in [-0.25, -0.2) is 9.97 Å². The molecular weight excluding hydrogens is 352 g/mol. The van der Waals surface area contributed by atoms with E-state index in [9.17, 15) is 0 Å². The minimum Gasteiger partial charge on any atom is -0.414 e. The molecule has 0 fully saturated rings. The number of allylic oxidation sites excluding steroid dienone is 4. The SMILES string of the molecule is C/C=C\C(=C/C)c1nnc(-c2nc(-c3ccccc3CC=NC)cnc2N)o1. The van der Waals surface area contributed by atoms with E-state index >= 15 is 0 Å². The van der Waals surface area contributed by atoms with E-state index in [2.05, 4.69) is 25.2 Å². The zero-order chi connectivity index (χ0) is 19.9. The first kappa shape index (κ1) is 19.2. The van der Waals surface area contributed by atoms with Crippen LogP contribution in [0.15, 0.2) is 58.1 Å². The number of benzene rings is 1. The number of aliphatic imine (C=N–C) groups is 1. The third-order valence-corrected chi connectivity index (χ3v) is 4.12. The van der Waals surface area contributed by atoms with Crippen molar-refractivity contribution in [3.8, 4) is 22.8 Å². The second-order valence-electron chi connectivity index (χ2n) is 5.95. The number of rotatable bonds is 6. The molecule has 0 bridgehead atoms. The van der Waals surface area contributed by atoms with Gasteiger partial charge in [0.15, 0.2) is 11.5 Å². The van der Waals surface area contributed by atoms with E-state index in [-0.39, 0.29) is 11.7 Å². The van der Waals surface area contributed by atoms with Crippen LogP contribution in [0.5, 0.6) is 0 Å². The summed E-state index contributed by atoms with van der Waals surface area (Å²) in [5.41, 5.74) is 9.97. The molecular formula is C21H22N6O. The van der Waals surface area contributed by atoms with Crippen molar-refractivity contribution in [2.75, 3.05) is 12.8 Å². The fourth-order valence-electron chi connectivity index (χ4n) is 2.73. The minimum absolute atomic E-state index is 0.235. The maximum absolute atomic E-state index is 6.04. The molecule has 28 heavy (non-hydrogen) atoms. The van der Waals surface area contributed by atoms with E-state index < -0.39 is 0 Å². The van der Waals surface area contributed by atoms with E-state index in [1.807, 2.05) is 62.6 Å². The van der Waals surface area contributed by atoms with Gasteiger partial charge in [0.1, 0.15) is 0 Å². The molecule has 0 unspecified atom stereocenters. The topological polar surface area (TPSA) is 103 Å². The molecule has 0 aliphatic heterocycles. The molecule has 1 aromatic carbocycles. The Hall–Kier alpha value is -3.61. The first-order valence-electron chi connectivity index (χ1n) is 8.92. The highest BCUT2D eigenvalue weighted by Gasteiger charge is 2.17. The fraction of sp³-hybridized carbons (Fsp3) is 0.190. The third kappa shape index (κ3) is 4.03. The highest BCUT2D eigenvalue weighted by molar-refractivity contribution is 5.74. The molecule has 2 heterocycles. The smallest absolute Gasteiger partial charge is 0.270 e. The van der Waals surface area contributed by atoms with Crippen LogP contribution < -0.4 is 5.73 Å². The Morgan fingerprint density at radius 1 is 1.21 bits per heavy atom. The summed E-state index contributed by atoms with van der Waals surface area (Å²) in [4.78, 5) is 13.0. The van der Waals surface area contributed by atoms with Crippen LogP contribution in [0.25, 0.3) is 28.4 Å². The first-order valence-corrected chi connectivity index (χ1v) is 8.92. The molecule has 3 rings (SSSR count). The first-order chi connectivity index (χ1) is 13.7. The van der Waals surface area contributed by atoms with Crippen molar-refractivity contribution < 1.29 is 4.42 Å². The van der Waals surface area contributed by atoms with Crippen LogP contribution in [0.3, 0.4) is 0 Å². The fourth-order valence-corrected chi connectivity index (χ4v) is 2.73. The Morgan fingerprint density at radius 3 is 2.79 bits per heavy atom. The maximum Gasteiger partial charge on any atom is 0.270 e. The summed E-state index contributed by atoms with van der Waals surface area (Å²) in [7, 11) is 1.75. The Labute approximate surface area is 163 Å². The summed E-state index contributed by atoms with van der Waals surface area (Å²) in [6, 6.07) is 7.97. The third-order valence-electron chi connectivity index (χ3n) is 4.12. The van der Waals surface area contributed by atoms with Crippen molar-refractivity contribution in [1.82, 2.24) is 20.2 Å². The molecule has 0 saturated carbocycles. The molecule has 3 aromatic rings. The molecule has 0 aliphatic rings. The molecule has 0 amide bonds. The van der Waals surface area contributed by atoms with Crippen LogP contribution in [0, 0.1) is 0 Å². The molecule has 0 spiro atoms. The molecule has 0 radical (unpaired) electrons. The van der Waals surface area contributed by atoms with Gasteiger partial charge in [-0.3, -0.25) is 0 Å². The van der Waals surface area contributed by atoms with Crippen LogP contribution in [0.4, 0.5) is 5.82 Å². The van der Waals surface area contributed by atoms with E-state index in [1.165, 1.54) is 0 Å². The lowest BCUT2D eigenvalue weighted by molar-refractivity contribution is 0.552. The number of hydrogen-bond acceptors (Lipinski definition) is 7. The number of nitrogens with zero attached hydrogens (tertiary/aromatic N) is 5. The summed E-state index contributed by atoms with van der Waals surface area (Å²) in [5, 5.41) is 8.22. The van der Waals surface area contributed by atoms with Crippen molar-refractivity contribution in [3.05, 3.63) is 60.1 Å². The van der Waals surface area contributed by atoms with Crippen LogP contribution in [0.2, 0.25) is 0 Å². The zero-order valence-corrected chi connectivity index (χ0v) is 16.1. The largest absolute Gasteiger partial charge is 0.414 e. The summed E-state index contributed by atoms with van der Waals surface area (Å²) in [5.74, 6) is 0.875. The number of anilines is 1. The van der Waals surface area contributed by atoms with Crippen LogP contribution in [0.1, 0.15) is 25.3 Å². The van der Waals surface area contributed by atoms with Gasteiger partial charge >= 0.3 is 0 Å². The lowest BCUT2D eigenvalue weighted by Gasteiger charge is -2.08. The van der Waals surface area contributed by atoms with Crippen LogP contribution in [-0.2, 0) is 6.42 Å². The molecule has 0 aliphatic carbocycles. The molecule has 2 aromatic heterocycles. The minimum atomic E-state index is 0.235. The normalized spacial score (nSPS) is 12.3. The van der Waals surface area contributed by atoms with E-state index in [0.717, 1.165) is 16.7 Å². The van der Waals surface area contributed by atoms with Crippen LogP contribution >= 0.6 is 0 Å². The maximum atomic E-state index is 6.04. The number of nitrogens with two attached hydrogens (primary N) is 1. The molecule has 142 valence electrons. The number of nitrogen functional groups attached to an aromatic ring is 1. The molecule has 7 heteroatoms. The van der Waals surface area contributed by atoms with Gasteiger partial charge < -0.3 is 15.1 Å². The quantitative estimate of drug-likeness (QED) is 0.517. The lowest BCUT2D eigenvalue weighted by atomic mass is 10.0. The molecule has 0 saturated heterocycles. The van der Waals surface area contributed by atoms with Gasteiger partial charge in [-0.1, -0.05) is 42.5 Å². The Morgan fingerprint density at radius 2 is 2.04 bits per heavy atom. The Kier molecular flexibility index (Phi) is 6.06. The Bertz CT molecular complexity index is 1050. The summed E-state index contributed by atoms with van der Waals surface area (Å²) in [6.07, 6.45) is 9.91. The van der Waals surface area contributed by atoms with Crippen molar-refractivity contribution in [2.24, 2.45) is 4.99 Å². The number of aromatic nitrogens is 4. The lowest BCUT2D eigenvalue weighted by Crippen LogP contribution is -2.00. The van der Waals surface area contributed by atoms with Gasteiger partial charge in [0, 0.05) is 30.8 Å². The summed E-state index contributed by atoms with van der Waals surface area (Å²) < 4.78 is 5.80. The average molecular weight is 374 g/mol. The highest BCUT2D eigenvalue weighted by Crippen LogP contribution is 2.28. The monoisotopic (exact) mass is 374 g/mol. The zero-order valence-electron chi connectivity index (χ0n) is 16.1. The van der Waals surface area contributed by atoms with Gasteiger partial charge in [0.25, 0.3) is 5.89 Å². The van der Waals surface area contributed by atoms with Crippen LogP contribution in [-0.4, -0.2) is 33.4 Å². The summed E-state index contributed by atoms with van der Waals surface area (Å²) >= 11 is 0. The molecule has 7 nitrogen and oxygen atoms in total. The number of hydrogen-bond donors (Lipinski definition) is 1. The second kappa shape index (κ2) is 8.85. The van der Waals surface area contributed by atoms with Crippen molar-refractivity contribution >= 4 is 17.6 Å². The second-order valence-corrected chi connectivity index (χ2v) is 5.95. The van der Waals surface area contributed by atoms with E-state index in [0.29, 0.717) is 23.7 Å². The van der Waals surface area contributed by atoms with E-state index in [4.69, 9.17) is 10.2 Å². The molecule has 2 N–H and O–H groups in total. The van der Waals surface area contributed by atoms with Crippen molar-refractivity contribution in [2.45, 2.75) is 20.3 Å². The van der Waals surface area contributed by atoms with Crippen molar-refractivity contribution in [1.29, 1.82) is 0 Å². The standard InChI is InChI=1S/C21H22N6O/c1-4-8-14(5-2)20-26-27-21(28-20)18-19(22)24-13-17(25-18)16-10-7-6-9-15(16)11-12-23-3/h4-10,12-13H,11H2,1-3H3,(H2,22,24)/b8-4-,14-5+,23-12?. The van der Waals surface area contributed by atoms with Crippen molar-refractivity contribution in [3.63, 3.8) is 0 Å². The van der Waals surface area contributed by atoms with E-state index in [1.54, 1.807) is 13.2 Å². The molecule has 0 atom stereocenters. The highest BCUT2D eigenvalue weighted by atomic mass is 16.4. The Balaban J connectivity index is 2.04.